The van der Waals surface area contributed by atoms with Crippen LogP contribution in [0.4, 0.5) is 15.6 Å². The maximum atomic E-state index is 11.2. The Hall–Kier alpha value is -2.19. The second-order valence-corrected chi connectivity index (χ2v) is 6.94. The van der Waals surface area contributed by atoms with Gasteiger partial charge in [-0.2, -0.15) is 0 Å². The number of thiazole rings is 1. The number of unbranched alkanes of at least 4 members (excludes halogenated alkanes) is 1. The first-order chi connectivity index (χ1) is 12.0. The minimum absolute atomic E-state index is 0.436. The molecule has 1 unspecified atom stereocenters. The lowest BCUT2D eigenvalue weighted by Gasteiger charge is -2.14. The number of nitrogens with one attached hydrogen (secondary N) is 2. The van der Waals surface area contributed by atoms with E-state index in [2.05, 4.69) is 15.6 Å². The van der Waals surface area contributed by atoms with E-state index in [0.29, 0.717) is 12.1 Å². The maximum absolute atomic E-state index is 11.2. The normalized spacial score (nSPS) is 11.6. The molecule has 8 heteroatoms. The van der Waals surface area contributed by atoms with Crippen molar-refractivity contribution in [3.05, 3.63) is 41.4 Å². The van der Waals surface area contributed by atoms with Crippen LogP contribution in [0.1, 0.15) is 38.0 Å². The van der Waals surface area contributed by atoms with Gasteiger partial charge >= 0.3 is 6.09 Å². The van der Waals surface area contributed by atoms with Gasteiger partial charge in [-0.15, -0.1) is 11.3 Å². The zero-order valence-corrected chi connectivity index (χ0v) is 15.7. The fourth-order valence-electron chi connectivity index (χ4n) is 2.26. The molecule has 0 aliphatic carbocycles. The van der Waals surface area contributed by atoms with E-state index in [1.54, 1.807) is 0 Å². The quantitative estimate of drug-likeness (QED) is 0.449. The summed E-state index contributed by atoms with van der Waals surface area (Å²) in [6.45, 7) is 2.65. The molecule has 1 heterocycles. The van der Waals surface area contributed by atoms with E-state index in [9.17, 15) is 4.79 Å². The number of anilines is 2. The van der Waals surface area contributed by atoms with Crippen molar-refractivity contribution < 1.29 is 9.53 Å². The van der Waals surface area contributed by atoms with Crippen molar-refractivity contribution in [3.8, 4) is 0 Å². The average Bonchev–Trinajstić information content (AvgIpc) is 3.02. The second kappa shape index (κ2) is 9.95. The van der Waals surface area contributed by atoms with Crippen molar-refractivity contribution in [3.63, 3.8) is 0 Å². The van der Waals surface area contributed by atoms with Crippen molar-refractivity contribution in [1.29, 1.82) is 0 Å². The van der Waals surface area contributed by atoms with Gasteiger partial charge < -0.3 is 21.1 Å². The van der Waals surface area contributed by atoms with Gasteiger partial charge in [0.05, 0.1) is 10.7 Å². The summed E-state index contributed by atoms with van der Waals surface area (Å²) in [6, 6.07) is 9.78. The number of para-hydroxylation sites is 1. The van der Waals surface area contributed by atoms with Crippen LogP contribution in [0.3, 0.4) is 0 Å². The number of nitrogens with zero attached hydrogens (tertiary/aromatic N) is 1. The number of benzene rings is 1. The van der Waals surface area contributed by atoms with Crippen molar-refractivity contribution in [1.82, 2.24) is 10.3 Å². The van der Waals surface area contributed by atoms with Crippen LogP contribution in [0.15, 0.2) is 35.7 Å². The minimum Gasteiger partial charge on any atom is -0.440 e. The summed E-state index contributed by atoms with van der Waals surface area (Å²) in [5, 5.41) is 8.97. The van der Waals surface area contributed by atoms with Gasteiger partial charge in [0.2, 0.25) is 0 Å². The van der Waals surface area contributed by atoms with E-state index in [1.807, 2.05) is 42.6 Å². The highest BCUT2D eigenvalue weighted by molar-refractivity contribution is 7.80. The summed E-state index contributed by atoms with van der Waals surface area (Å²) in [5.74, 6) is 0. The molecule has 2 rings (SSSR count). The monoisotopic (exact) mass is 378 g/mol. The molecule has 0 saturated carbocycles. The molecule has 1 aromatic heterocycles. The van der Waals surface area contributed by atoms with Crippen LogP contribution in [-0.2, 0) is 4.74 Å². The Morgan fingerprint density at radius 3 is 2.80 bits per heavy atom. The first kappa shape index (κ1) is 19.1. The number of rotatable bonds is 9. The standard InChI is InChI=1S/C17H22N4O2S2/c1-12(24)19-10-6-5-9-15(23-16(18)22)14-11-25-17(21-14)20-13-7-3-2-4-8-13/h2-4,7-8,11,15H,5-6,9-10H2,1H3,(H2,18,22)(H,19,24)(H,20,21). The van der Waals surface area contributed by atoms with Crippen LogP contribution in [0.5, 0.6) is 0 Å². The van der Waals surface area contributed by atoms with Gasteiger partial charge in [-0.25, -0.2) is 9.78 Å². The van der Waals surface area contributed by atoms with Crippen LogP contribution >= 0.6 is 23.6 Å². The zero-order chi connectivity index (χ0) is 18.1. The molecule has 0 saturated heterocycles. The third-order valence-corrected chi connectivity index (χ3v) is 4.32. The lowest BCUT2D eigenvalue weighted by atomic mass is 10.1. The lowest BCUT2D eigenvalue weighted by molar-refractivity contribution is 0.0975. The van der Waals surface area contributed by atoms with Crippen LogP contribution in [0.25, 0.3) is 0 Å². The molecule has 0 bridgehead atoms. The molecule has 6 nitrogen and oxygen atoms in total. The molecule has 0 fully saturated rings. The predicted molar refractivity (Wildman–Crippen MR) is 105 cm³/mol. The summed E-state index contributed by atoms with van der Waals surface area (Å²) in [6.07, 6.45) is 1.23. The Bertz CT molecular complexity index is 691. The molecule has 134 valence electrons. The molecule has 0 radical (unpaired) electrons. The minimum atomic E-state index is -0.788. The van der Waals surface area contributed by atoms with Crippen molar-refractivity contribution in [2.75, 3.05) is 11.9 Å². The number of nitrogens with two attached hydrogens (primary N) is 1. The molecule has 1 aromatic carbocycles. The van der Waals surface area contributed by atoms with Gasteiger partial charge in [0.1, 0.15) is 6.10 Å². The fourth-order valence-corrected chi connectivity index (χ4v) is 3.14. The number of thiocarbonyl (C=S) groups is 1. The Morgan fingerprint density at radius 2 is 2.12 bits per heavy atom. The number of carbonyl (C=O) groups is 1. The van der Waals surface area contributed by atoms with E-state index in [4.69, 9.17) is 22.7 Å². The fraction of sp³-hybridized carbons (Fsp3) is 0.353. The first-order valence-electron chi connectivity index (χ1n) is 8.02. The Balaban J connectivity index is 1.93. The zero-order valence-electron chi connectivity index (χ0n) is 14.0. The molecule has 2 aromatic rings. The number of ether oxygens (including phenoxy) is 1. The smallest absolute Gasteiger partial charge is 0.405 e. The highest BCUT2D eigenvalue weighted by atomic mass is 32.1. The first-order valence-corrected chi connectivity index (χ1v) is 9.31. The summed E-state index contributed by atoms with van der Waals surface area (Å²) >= 11 is 6.44. The van der Waals surface area contributed by atoms with Gasteiger partial charge in [-0.05, 0) is 38.3 Å². The van der Waals surface area contributed by atoms with Crippen LogP contribution in [0.2, 0.25) is 0 Å². The molecule has 0 aliphatic rings. The lowest BCUT2D eigenvalue weighted by Crippen LogP contribution is -2.20. The van der Waals surface area contributed by atoms with E-state index in [-0.39, 0.29) is 0 Å². The second-order valence-electron chi connectivity index (χ2n) is 5.47. The van der Waals surface area contributed by atoms with Crippen molar-refractivity contribution in [2.24, 2.45) is 5.73 Å². The summed E-state index contributed by atoms with van der Waals surface area (Å²) in [5.41, 5.74) is 6.87. The molecular formula is C17H22N4O2S2. The van der Waals surface area contributed by atoms with Gasteiger partial charge in [0.15, 0.2) is 5.13 Å². The number of aromatic nitrogens is 1. The Kier molecular flexibility index (Phi) is 7.62. The third-order valence-electron chi connectivity index (χ3n) is 3.40. The molecule has 1 atom stereocenters. The molecule has 25 heavy (non-hydrogen) atoms. The van der Waals surface area contributed by atoms with E-state index in [0.717, 1.165) is 35.2 Å². The Labute approximate surface area is 156 Å². The largest absolute Gasteiger partial charge is 0.440 e. The number of hydrogen-bond acceptors (Lipinski definition) is 6. The van der Waals surface area contributed by atoms with Crippen LogP contribution < -0.4 is 16.4 Å². The molecule has 0 spiro atoms. The van der Waals surface area contributed by atoms with Gasteiger partial charge in [-0.1, -0.05) is 30.4 Å². The molecular weight excluding hydrogens is 356 g/mol. The summed E-state index contributed by atoms with van der Waals surface area (Å²) < 4.78 is 5.24. The molecule has 1 amide bonds. The molecule has 0 aliphatic heterocycles. The van der Waals surface area contributed by atoms with E-state index < -0.39 is 12.2 Å². The number of carbonyl (C=O) groups excluding carboxylic acids is 1. The SMILES string of the molecule is CC(=S)NCCCCC(OC(N)=O)c1csc(Nc2ccccc2)n1. The summed E-state index contributed by atoms with van der Waals surface area (Å²) in [7, 11) is 0. The third kappa shape index (κ3) is 7.06. The van der Waals surface area contributed by atoms with Crippen LogP contribution in [0, 0.1) is 0 Å². The van der Waals surface area contributed by atoms with Crippen molar-refractivity contribution in [2.45, 2.75) is 32.3 Å². The Morgan fingerprint density at radius 1 is 1.36 bits per heavy atom. The average molecular weight is 379 g/mol. The number of hydrogen-bond donors (Lipinski definition) is 3. The van der Waals surface area contributed by atoms with Gasteiger partial charge in [0, 0.05) is 17.6 Å². The highest BCUT2D eigenvalue weighted by Crippen LogP contribution is 2.28. The molecule has 4 N–H and O–H groups in total. The van der Waals surface area contributed by atoms with E-state index in [1.165, 1.54) is 11.3 Å². The van der Waals surface area contributed by atoms with Crippen LogP contribution in [-0.4, -0.2) is 22.6 Å². The topological polar surface area (TPSA) is 89.3 Å². The maximum Gasteiger partial charge on any atom is 0.405 e. The van der Waals surface area contributed by atoms with Gasteiger partial charge in [-0.3, -0.25) is 0 Å². The van der Waals surface area contributed by atoms with Gasteiger partial charge in [0.25, 0.3) is 0 Å². The highest BCUT2D eigenvalue weighted by Gasteiger charge is 2.18. The predicted octanol–water partition coefficient (Wildman–Crippen LogP) is 4.13. The van der Waals surface area contributed by atoms with E-state index >= 15 is 0 Å². The summed E-state index contributed by atoms with van der Waals surface area (Å²) in [4.78, 5) is 16.5. The number of amides is 1. The van der Waals surface area contributed by atoms with Crippen molar-refractivity contribution >= 4 is 45.5 Å². The number of primary amides is 1.